The first-order chi connectivity index (χ1) is 7.12. The molecular weight excluding hydrogens is 198 g/mol. The second kappa shape index (κ2) is 3.46. The summed E-state index contributed by atoms with van der Waals surface area (Å²) in [5.41, 5.74) is 4.62. The van der Waals surface area contributed by atoms with Crippen LogP contribution in [0.4, 0.5) is 0 Å². The molecule has 0 aromatic carbocycles. The van der Waals surface area contributed by atoms with E-state index in [0.29, 0.717) is 13.1 Å². The number of nitrogens with zero attached hydrogens (tertiary/aromatic N) is 1. The highest BCUT2D eigenvalue weighted by atomic mass is 16.3. The predicted octanol–water partition coefficient (Wildman–Crippen LogP) is -2.20. The minimum Gasteiger partial charge on any atom is -0.394 e. The predicted molar refractivity (Wildman–Crippen MR) is 51.7 cm³/mol. The lowest BCUT2D eigenvalue weighted by Crippen LogP contribution is -2.73. The summed E-state index contributed by atoms with van der Waals surface area (Å²) in [5, 5.41) is 11.8. The molecule has 2 amide bonds. The standard InChI is InChI=1S/C9H15N3O3/c10-7(14)6(4-13)12-3-1-2-9(12)5-11-8(9)15/h6,13H,1-5H2,(H2,10,14)(H,11,15)/t6-,9-/m0/s1. The van der Waals surface area contributed by atoms with E-state index < -0.39 is 17.5 Å². The van der Waals surface area contributed by atoms with E-state index in [-0.39, 0.29) is 12.5 Å². The Morgan fingerprint density at radius 2 is 2.47 bits per heavy atom. The highest BCUT2D eigenvalue weighted by Crippen LogP contribution is 2.35. The maximum atomic E-state index is 11.5. The fourth-order valence-corrected chi connectivity index (χ4v) is 2.49. The van der Waals surface area contributed by atoms with Crippen LogP contribution < -0.4 is 11.1 Å². The summed E-state index contributed by atoms with van der Waals surface area (Å²) in [6.45, 7) is 0.863. The molecule has 2 aliphatic rings. The summed E-state index contributed by atoms with van der Waals surface area (Å²) >= 11 is 0. The number of aliphatic hydroxyl groups excluding tert-OH is 1. The fraction of sp³-hybridized carbons (Fsp3) is 0.778. The van der Waals surface area contributed by atoms with Crippen LogP contribution in [0.15, 0.2) is 0 Å². The van der Waals surface area contributed by atoms with Gasteiger partial charge in [0.05, 0.1) is 6.61 Å². The SMILES string of the molecule is NC(=O)[C@H](CO)N1CCC[C@@]12CNC2=O. The third kappa shape index (κ3) is 1.32. The monoisotopic (exact) mass is 213 g/mol. The maximum absolute atomic E-state index is 11.5. The van der Waals surface area contributed by atoms with Crippen LogP contribution in [0.5, 0.6) is 0 Å². The van der Waals surface area contributed by atoms with E-state index in [1.165, 1.54) is 0 Å². The molecule has 2 heterocycles. The molecule has 1 spiro atoms. The zero-order valence-corrected chi connectivity index (χ0v) is 8.40. The second-order valence-electron chi connectivity index (χ2n) is 4.11. The molecule has 2 fully saturated rings. The van der Waals surface area contributed by atoms with Gasteiger partial charge < -0.3 is 16.2 Å². The van der Waals surface area contributed by atoms with E-state index in [0.717, 1.165) is 12.8 Å². The van der Waals surface area contributed by atoms with Crippen molar-refractivity contribution in [2.24, 2.45) is 5.73 Å². The van der Waals surface area contributed by atoms with E-state index in [9.17, 15) is 9.59 Å². The van der Waals surface area contributed by atoms with Gasteiger partial charge in [0.15, 0.2) is 0 Å². The van der Waals surface area contributed by atoms with Crippen LogP contribution in [0.3, 0.4) is 0 Å². The van der Waals surface area contributed by atoms with Gasteiger partial charge in [0, 0.05) is 13.1 Å². The van der Waals surface area contributed by atoms with Crippen molar-refractivity contribution in [1.82, 2.24) is 10.2 Å². The van der Waals surface area contributed by atoms with Gasteiger partial charge in [-0.25, -0.2) is 0 Å². The van der Waals surface area contributed by atoms with Gasteiger partial charge in [-0.05, 0) is 12.8 Å². The second-order valence-corrected chi connectivity index (χ2v) is 4.11. The molecular formula is C9H15N3O3. The minimum absolute atomic E-state index is 0.0558. The average Bonchev–Trinajstić information content (AvgIpc) is 2.63. The zero-order chi connectivity index (χ0) is 11.1. The normalized spacial score (nSPS) is 32.5. The number of aliphatic hydroxyl groups is 1. The lowest BCUT2D eigenvalue weighted by molar-refractivity contribution is -0.146. The van der Waals surface area contributed by atoms with Crippen molar-refractivity contribution in [3.63, 3.8) is 0 Å². The summed E-state index contributed by atoms with van der Waals surface area (Å²) in [6, 6.07) is -0.737. The summed E-state index contributed by atoms with van der Waals surface area (Å²) in [5.74, 6) is -0.627. The highest BCUT2D eigenvalue weighted by molar-refractivity contribution is 5.94. The topological polar surface area (TPSA) is 95.7 Å². The lowest BCUT2D eigenvalue weighted by atomic mass is 9.87. The Balaban J connectivity index is 2.20. The van der Waals surface area contributed by atoms with Crippen LogP contribution in [0.1, 0.15) is 12.8 Å². The van der Waals surface area contributed by atoms with Crippen molar-refractivity contribution in [2.75, 3.05) is 19.7 Å². The fourth-order valence-electron chi connectivity index (χ4n) is 2.49. The first-order valence-electron chi connectivity index (χ1n) is 5.07. The van der Waals surface area contributed by atoms with Crippen molar-refractivity contribution < 1.29 is 14.7 Å². The zero-order valence-electron chi connectivity index (χ0n) is 8.40. The third-order valence-electron chi connectivity index (χ3n) is 3.38. The van der Waals surface area contributed by atoms with Gasteiger partial charge in [0.25, 0.3) is 0 Å². The van der Waals surface area contributed by atoms with Gasteiger partial charge in [-0.1, -0.05) is 0 Å². The Morgan fingerprint density at radius 1 is 1.73 bits per heavy atom. The molecule has 6 heteroatoms. The molecule has 6 nitrogen and oxygen atoms in total. The summed E-state index contributed by atoms with van der Waals surface area (Å²) in [7, 11) is 0. The smallest absolute Gasteiger partial charge is 0.242 e. The Kier molecular flexibility index (Phi) is 2.40. The molecule has 0 unspecified atom stereocenters. The Bertz CT molecular complexity index is 307. The number of carbonyl (C=O) groups excluding carboxylic acids is 2. The van der Waals surface area contributed by atoms with Crippen molar-refractivity contribution in [1.29, 1.82) is 0 Å². The third-order valence-corrected chi connectivity index (χ3v) is 3.38. The number of carbonyl (C=O) groups is 2. The van der Waals surface area contributed by atoms with E-state index in [2.05, 4.69) is 5.32 Å². The Morgan fingerprint density at radius 3 is 2.87 bits per heavy atom. The largest absolute Gasteiger partial charge is 0.394 e. The van der Waals surface area contributed by atoms with Crippen LogP contribution in [0, 0.1) is 0 Å². The quantitative estimate of drug-likeness (QED) is 0.463. The number of hydrogen-bond acceptors (Lipinski definition) is 4. The molecule has 0 bridgehead atoms. The van der Waals surface area contributed by atoms with Gasteiger partial charge in [-0.2, -0.15) is 0 Å². The first kappa shape index (κ1) is 10.4. The van der Waals surface area contributed by atoms with Crippen LogP contribution in [-0.4, -0.2) is 53.1 Å². The molecule has 4 N–H and O–H groups in total. The number of rotatable bonds is 3. The van der Waals surface area contributed by atoms with Gasteiger partial charge in [0.1, 0.15) is 11.6 Å². The highest BCUT2D eigenvalue weighted by Gasteiger charge is 2.56. The molecule has 84 valence electrons. The molecule has 0 saturated carbocycles. The summed E-state index contributed by atoms with van der Waals surface area (Å²) in [6.07, 6.45) is 1.60. The molecule has 15 heavy (non-hydrogen) atoms. The number of hydrogen-bond donors (Lipinski definition) is 3. The van der Waals surface area contributed by atoms with Gasteiger partial charge >= 0.3 is 0 Å². The van der Waals surface area contributed by atoms with Gasteiger partial charge in [-0.3, -0.25) is 14.5 Å². The van der Waals surface area contributed by atoms with Crippen LogP contribution in [-0.2, 0) is 9.59 Å². The van der Waals surface area contributed by atoms with E-state index in [1.54, 1.807) is 4.90 Å². The molecule has 2 saturated heterocycles. The lowest BCUT2D eigenvalue weighted by Gasteiger charge is -2.46. The first-order valence-corrected chi connectivity index (χ1v) is 5.07. The number of primary amides is 1. The van der Waals surface area contributed by atoms with E-state index in [4.69, 9.17) is 10.8 Å². The van der Waals surface area contributed by atoms with Crippen molar-refractivity contribution >= 4 is 11.8 Å². The summed E-state index contributed by atoms with van der Waals surface area (Å²) in [4.78, 5) is 24.4. The van der Waals surface area contributed by atoms with Crippen LogP contribution in [0.25, 0.3) is 0 Å². The number of β-lactam (4-membered cyclic amide) rings is 1. The molecule has 2 rings (SSSR count). The van der Waals surface area contributed by atoms with Crippen molar-refractivity contribution in [3.8, 4) is 0 Å². The maximum Gasteiger partial charge on any atom is 0.242 e. The van der Waals surface area contributed by atoms with E-state index in [1.807, 2.05) is 0 Å². The van der Waals surface area contributed by atoms with Crippen LogP contribution >= 0.6 is 0 Å². The van der Waals surface area contributed by atoms with E-state index >= 15 is 0 Å². The molecule has 2 aliphatic heterocycles. The van der Waals surface area contributed by atoms with Gasteiger partial charge in [0.2, 0.25) is 11.8 Å². The van der Waals surface area contributed by atoms with Crippen molar-refractivity contribution in [2.45, 2.75) is 24.4 Å². The Hall–Kier alpha value is -1.14. The minimum atomic E-state index is -0.737. The molecule has 0 radical (unpaired) electrons. The number of amides is 2. The number of likely N-dealkylation sites (tertiary alicyclic amines) is 1. The number of nitrogens with two attached hydrogens (primary N) is 1. The summed E-state index contributed by atoms with van der Waals surface area (Å²) < 4.78 is 0. The number of nitrogens with one attached hydrogen (secondary N) is 1. The van der Waals surface area contributed by atoms with Gasteiger partial charge in [-0.15, -0.1) is 0 Å². The molecule has 2 atom stereocenters. The molecule has 0 aromatic heterocycles. The van der Waals surface area contributed by atoms with Crippen LogP contribution in [0.2, 0.25) is 0 Å². The molecule has 0 aliphatic carbocycles. The Labute approximate surface area is 87.4 Å². The van der Waals surface area contributed by atoms with Crippen molar-refractivity contribution in [3.05, 3.63) is 0 Å². The molecule has 0 aromatic rings. The average molecular weight is 213 g/mol.